The molecule has 2 heterocycles. The number of benzene rings is 4. The van der Waals surface area contributed by atoms with Crippen LogP contribution in [0.1, 0.15) is 37.5 Å². The second kappa shape index (κ2) is 11.5. The van der Waals surface area contributed by atoms with Gasteiger partial charge in [0.25, 0.3) is 0 Å². The van der Waals surface area contributed by atoms with Gasteiger partial charge in [0, 0.05) is 22.0 Å². The van der Waals surface area contributed by atoms with Gasteiger partial charge in [-0.1, -0.05) is 121 Å². The molecule has 238 valence electrons. The predicted molar refractivity (Wildman–Crippen MR) is 205 cm³/mol. The van der Waals surface area contributed by atoms with Gasteiger partial charge in [-0.25, -0.2) is 4.57 Å². The van der Waals surface area contributed by atoms with Crippen molar-refractivity contribution in [2.45, 2.75) is 72.4 Å². The second-order valence-corrected chi connectivity index (χ2v) is 26.2. The minimum Gasteiger partial charge on any atom is -0.455 e. The van der Waals surface area contributed by atoms with E-state index >= 15 is 0 Å². The highest BCUT2D eigenvalue weighted by atomic mass is 28.3. The Morgan fingerprint density at radius 3 is 2.00 bits per heavy atom. The Labute approximate surface area is 282 Å². The van der Waals surface area contributed by atoms with E-state index in [2.05, 4.69) is 164 Å². The Hall–Kier alpha value is -4.25. The highest BCUT2D eigenvalue weighted by Crippen LogP contribution is 2.40. The van der Waals surface area contributed by atoms with Crippen molar-refractivity contribution in [2.24, 2.45) is 7.05 Å². The molecule has 0 N–H and O–H groups in total. The topological polar surface area (TPSA) is 40.8 Å². The molecule has 0 saturated carbocycles. The molecule has 0 fully saturated rings. The number of rotatable bonds is 5. The Bertz CT molecular complexity index is 2220. The van der Waals surface area contributed by atoms with Crippen LogP contribution in [-0.2, 0) is 12.5 Å². The summed E-state index contributed by atoms with van der Waals surface area (Å²) in [7, 11) is -1.50. The highest BCUT2D eigenvalue weighted by Gasteiger charge is 2.32. The van der Waals surface area contributed by atoms with Crippen LogP contribution in [0, 0.1) is 18.3 Å². The first-order valence-electron chi connectivity index (χ1n) is 16.6. The molecule has 0 bridgehead atoms. The zero-order valence-corrected chi connectivity index (χ0v) is 31.9. The molecule has 3 nitrogen and oxygen atoms in total. The monoisotopic (exact) mass is 651 g/mol. The van der Waals surface area contributed by atoms with Gasteiger partial charge < -0.3 is 4.42 Å². The lowest BCUT2D eigenvalue weighted by molar-refractivity contribution is -0.659. The van der Waals surface area contributed by atoms with Crippen molar-refractivity contribution < 1.29 is 8.98 Å². The Morgan fingerprint density at radius 2 is 1.38 bits per heavy atom. The van der Waals surface area contributed by atoms with Crippen molar-refractivity contribution in [1.82, 2.24) is 0 Å². The van der Waals surface area contributed by atoms with Gasteiger partial charge in [0.2, 0.25) is 5.69 Å². The Morgan fingerprint density at radius 1 is 0.723 bits per heavy atom. The lowest BCUT2D eigenvalue weighted by Crippen LogP contribution is -2.46. The SMILES string of the molecule is Cc1ccc2c(oc3c([Si](C)(C)C)c(C#N)ccc32)c1-c1cc(-c2ccc(-c3ccccc3)cc2C(C)(C)C)c([Si](C)(C)C)c[n+]1C. The Kier molecular flexibility index (Phi) is 7.98. The summed E-state index contributed by atoms with van der Waals surface area (Å²) in [5, 5.41) is 14.8. The summed E-state index contributed by atoms with van der Waals surface area (Å²) >= 11 is 0. The quantitative estimate of drug-likeness (QED) is 0.138. The lowest BCUT2D eigenvalue weighted by Gasteiger charge is -2.27. The number of furan rings is 1. The van der Waals surface area contributed by atoms with E-state index < -0.39 is 16.1 Å². The van der Waals surface area contributed by atoms with Gasteiger partial charge in [-0.3, -0.25) is 0 Å². The van der Waals surface area contributed by atoms with E-state index in [0.29, 0.717) is 0 Å². The number of hydrogen-bond acceptors (Lipinski definition) is 2. The normalized spacial score (nSPS) is 12.6. The smallest absolute Gasteiger partial charge is 0.216 e. The van der Waals surface area contributed by atoms with Crippen LogP contribution in [0.25, 0.3) is 55.4 Å². The third kappa shape index (κ3) is 5.79. The van der Waals surface area contributed by atoms with E-state index in [9.17, 15) is 5.26 Å². The average Bonchev–Trinajstić information content (AvgIpc) is 3.37. The van der Waals surface area contributed by atoms with Gasteiger partial charge in [0.15, 0.2) is 6.20 Å². The fraction of sp³-hybridized carbons (Fsp3) is 0.286. The lowest BCUT2D eigenvalue weighted by atomic mass is 9.80. The first-order chi connectivity index (χ1) is 22.0. The van der Waals surface area contributed by atoms with Crippen LogP contribution >= 0.6 is 0 Å². The predicted octanol–water partition coefficient (Wildman–Crippen LogP) is 9.98. The number of nitriles is 1. The third-order valence-electron chi connectivity index (χ3n) is 9.45. The van der Waals surface area contributed by atoms with Gasteiger partial charge in [0.05, 0.1) is 33.3 Å². The molecule has 6 rings (SSSR count). The second-order valence-electron chi connectivity index (χ2n) is 16.2. The van der Waals surface area contributed by atoms with Crippen molar-refractivity contribution in [2.75, 3.05) is 0 Å². The molecule has 6 aromatic rings. The molecule has 47 heavy (non-hydrogen) atoms. The zero-order valence-electron chi connectivity index (χ0n) is 29.9. The van der Waals surface area contributed by atoms with Crippen molar-refractivity contribution in [3.05, 3.63) is 102 Å². The number of pyridine rings is 1. The maximum absolute atomic E-state index is 10.1. The van der Waals surface area contributed by atoms with E-state index in [1.807, 2.05) is 6.07 Å². The minimum absolute atomic E-state index is 0.0601. The highest BCUT2D eigenvalue weighted by molar-refractivity contribution is 6.91. The van der Waals surface area contributed by atoms with E-state index in [1.54, 1.807) is 0 Å². The molecular formula is C42H47N2OSi2+. The van der Waals surface area contributed by atoms with Crippen LogP contribution in [0.5, 0.6) is 0 Å². The third-order valence-corrected chi connectivity index (χ3v) is 13.5. The first kappa shape index (κ1) is 32.7. The standard InChI is InChI=1S/C42H47N2OSi2/c1-27-17-20-32-33-22-19-30(25-43)41(47(9,10)11)40(33)45-39(32)38(27)36-24-34(37(26-44(36)5)46(6,7)8)31-21-18-29(23-35(31)42(2,3)4)28-15-13-12-14-16-28/h12-24,26H,1-11H3/q+1. The van der Waals surface area contributed by atoms with Crippen LogP contribution < -0.4 is 14.9 Å². The fourth-order valence-electron chi connectivity index (χ4n) is 7.09. The van der Waals surface area contributed by atoms with Crippen molar-refractivity contribution in [3.8, 4) is 39.6 Å². The Balaban J connectivity index is 1.69. The first-order valence-corrected chi connectivity index (χ1v) is 23.6. The number of fused-ring (bicyclic) bond motifs is 3. The fourth-order valence-corrected chi connectivity index (χ4v) is 10.5. The molecule has 4 aromatic carbocycles. The van der Waals surface area contributed by atoms with Crippen LogP contribution in [0.3, 0.4) is 0 Å². The molecule has 0 aliphatic carbocycles. The summed E-state index contributed by atoms with van der Waals surface area (Å²) in [6.45, 7) is 23.3. The molecule has 5 heteroatoms. The summed E-state index contributed by atoms with van der Waals surface area (Å²) in [5.41, 5.74) is 12.3. The summed E-state index contributed by atoms with van der Waals surface area (Å²) < 4.78 is 9.25. The average molecular weight is 652 g/mol. The summed E-state index contributed by atoms with van der Waals surface area (Å²) in [6.07, 6.45) is 2.39. The van der Waals surface area contributed by atoms with Gasteiger partial charge >= 0.3 is 0 Å². The molecule has 2 aromatic heterocycles. The van der Waals surface area contributed by atoms with E-state index in [4.69, 9.17) is 4.42 Å². The van der Waals surface area contributed by atoms with Gasteiger partial charge in [-0.05, 0) is 63.0 Å². The molecule has 0 aliphatic heterocycles. The van der Waals surface area contributed by atoms with E-state index in [-0.39, 0.29) is 5.41 Å². The largest absolute Gasteiger partial charge is 0.455 e. The summed E-state index contributed by atoms with van der Waals surface area (Å²) in [6, 6.07) is 31.1. The molecule has 0 amide bonds. The molecule has 0 spiro atoms. The molecule has 0 saturated heterocycles. The molecule has 0 radical (unpaired) electrons. The number of aromatic nitrogens is 1. The number of aryl methyl sites for hydroxylation is 2. The van der Waals surface area contributed by atoms with Crippen LogP contribution in [-0.4, -0.2) is 16.1 Å². The van der Waals surface area contributed by atoms with E-state index in [0.717, 1.165) is 43.9 Å². The molecular weight excluding hydrogens is 605 g/mol. The van der Waals surface area contributed by atoms with Gasteiger partial charge in [-0.15, -0.1) is 0 Å². The number of nitrogens with zero attached hydrogens (tertiary/aromatic N) is 2. The minimum atomic E-state index is -1.90. The maximum atomic E-state index is 10.1. The van der Waals surface area contributed by atoms with Crippen LogP contribution in [0.2, 0.25) is 39.3 Å². The van der Waals surface area contributed by atoms with Crippen molar-refractivity contribution in [1.29, 1.82) is 5.26 Å². The van der Waals surface area contributed by atoms with Gasteiger partial charge in [0.1, 0.15) is 18.2 Å². The molecule has 0 aliphatic rings. The van der Waals surface area contributed by atoms with Crippen molar-refractivity contribution >= 4 is 48.5 Å². The van der Waals surface area contributed by atoms with Crippen LogP contribution in [0.4, 0.5) is 0 Å². The summed E-state index contributed by atoms with van der Waals surface area (Å²) in [5.74, 6) is 0. The number of hydrogen-bond donors (Lipinski definition) is 0. The molecule has 0 unspecified atom stereocenters. The maximum Gasteiger partial charge on any atom is 0.216 e. The van der Waals surface area contributed by atoms with E-state index in [1.165, 1.54) is 38.6 Å². The zero-order chi connectivity index (χ0) is 34.1. The summed E-state index contributed by atoms with van der Waals surface area (Å²) in [4.78, 5) is 0. The molecule has 0 atom stereocenters. The van der Waals surface area contributed by atoms with Crippen molar-refractivity contribution in [3.63, 3.8) is 0 Å². The van der Waals surface area contributed by atoms with Crippen LogP contribution in [0.15, 0.2) is 89.5 Å². The van der Waals surface area contributed by atoms with Gasteiger partial charge in [-0.2, -0.15) is 5.26 Å².